The Morgan fingerprint density at radius 3 is 2.08 bits per heavy atom. The van der Waals surface area contributed by atoms with Crippen LogP contribution in [-0.4, -0.2) is 24.9 Å². The van der Waals surface area contributed by atoms with Crippen LogP contribution in [0.3, 0.4) is 0 Å². The molecule has 1 aliphatic carbocycles. The summed E-state index contributed by atoms with van der Waals surface area (Å²) in [5.41, 5.74) is 0.301. The Kier molecular flexibility index (Phi) is 2.50. The van der Waals surface area contributed by atoms with Crippen LogP contribution in [0.4, 0.5) is 0 Å². The Hall–Kier alpha value is -0.0800. The lowest BCUT2D eigenvalue weighted by Crippen LogP contribution is -2.31. The molecule has 12 heavy (non-hydrogen) atoms. The molecule has 0 spiro atoms. The standard InChI is InChI=1S/C10H20O2/c1-5-8(12-4)10(7-11)6-9(10,2)3/h8,11H,5-7H2,1-4H3. The maximum Gasteiger partial charge on any atom is 0.0652 e. The fourth-order valence-corrected chi connectivity index (χ4v) is 2.45. The molecule has 0 radical (unpaired) electrons. The van der Waals surface area contributed by atoms with Gasteiger partial charge in [-0.05, 0) is 18.3 Å². The van der Waals surface area contributed by atoms with Crippen molar-refractivity contribution in [3.8, 4) is 0 Å². The van der Waals surface area contributed by atoms with Gasteiger partial charge in [-0.3, -0.25) is 0 Å². The van der Waals surface area contributed by atoms with Gasteiger partial charge in [-0.15, -0.1) is 0 Å². The van der Waals surface area contributed by atoms with E-state index in [1.807, 2.05) is 0 Å². The predicted octanol–water partition coefficient (Wildman–Crippen LogP) is 1.82. The molecule has 1 fully saturated rings. The highest BCUT2D eigenvalue weighted by atomic mass is 16.5. The second-order valence-corrected chi connectivity index (χ2v) is 4.51. The van der Waals surface area contributed by atoms with E-state index >= 15 is 0 Å². The van der Waals surface area contributed by atoms with E-state index < -0.39 is 0 Å². The molecule has 1 saturated carbocycles. The summed E-state index contributed by atoms with van der Waals surface area (Å²) in [5.74, 6) is 0. The molecule has 0 heterocycles. The van der Waals surface area contributed by atoms with Gasteiger partial charge in [0.15, 0.2) is 0 Å². The first-order chi connectivity index (χ1) is 5.54. The van der Waals surface area contributed by atoms with Gasteiger partial charge in [0, 0.05) is 12.5 Å². The van der Waals surface area contributed by atoms with Crippen molar-refractivity contribution in [2.24, 2.45) is 10.8 Å². The monoisotopic (exact) mass is 172 g/mol. The van der Waals surface area contributed by atoms with Gasteiger partial charge in [-0.1, -0.05) is 20.8 Å². The first-order valence-corrected chi connectivity index (χ1v) is 4.67. The van der Waals surface area contributed by atoms with E-state index in [-0.39, 0.29) is 23.5 Å². The highest BCUT2D eigenvalue weighted by molar-refractivity contribution is 5.13. The van der Waals surface area contributed by atoms with Gasteiger partial charge in [0.05, 0.1) is 12.7 Å². The fraction of sp³-hybridized carbons (Fsp3) is 1.00. The number of methoxy groups -OCH3 is 1. The number of ether oxygens (including phenoxy) is 1. The summed E-state index contributed by atoms with van der Waals surface area (Å²) in [6.07, 6.45) is 2.29. The summed E-state index contributed by atoms with van der Waals surface area (Å²) in [7, 11) is 1.74. The zero-order valence-electron chi connectivity index (χ0n) is 8.55. The van der Waals surface area contributed by atoms with E-state index in [0.717, 1.165) is 12.8 Å². The summed E-state index contributed by atoms with van der Waals surface area (Å²) < 4.78 is 5.39. The minimum absolute atomic E-state index is 0.0382. The van der Waals surface area contributed by atoms with Gasteiger partial charge in [0.25, 0.3) is 0 Å². The molecule has 1 N–H and O–H groups in total. The van der Waals surface area contributed by atoms with Gasteiger partial charge in [0.1, 0.15) is 0 Å². The van der Waals surface area contributed by atoms with Crippen LogP contribution in [0.1, 0.15) is 33.6 Å². The second-order valence-electron chi connectivity index (χ2n) is 4.51. The van der Waals surface area contributed by atoms with Gasteiger partial charge in [-0.25, -0.2) is 0 Å². The van der Waals surface area contributed by atoms with Crippen LogP contribution in [0.5, 0.6) is 0 Å². The highest BCUT2D eigenvalue weighted by Crippen LogP contribution is 2.66. The summed E-state index contributed by atoms with van der Waals surface area (Å²) in [6.45, 7) is 6.77. The Labute approximate surface area is 74.9 Å². The lowest BCUT2D eigenvalue weighted by molar-refractivity contribution is -0.00750. The van der Waals surface area contributed by atoms with E-state index in [1.54, 1.807) is 7.11 Å². The summed E-state index contributed by atoms with van der Waals surface area (Å²) in [5, 5.41) is 9.34. The quantitative estimate of drug-likeness (QED) is 0.701. The number of aliphatic hydroxyl groups excluding tert-OH is 1. The van der Waals surface area contributed by atoms with Crippen LogP contribution in [0.25, 0.3) is 0 Å². The van der Waals surface area contributed by atoms with E-state index in [9.17, 15) is 5.11 Å². The number of hydrogen-bond acceptors (Lipinski definition) is 2. The third-order valence-electron chi connectivity index (χ3n) is 3.53. The molecule has 0 aromatic rings. The van der Waals surface area contributed by atoms with Crippen LogP contribution in [0, 0.1) is 10.8 Å². The molecule has 2 unspecified atom stereocenters. The van der Waals surface area contributed by atoms with Crippen molar-refractivity contribution in [1.82, 2.24) is 0 Å². The third kappa shape index (κ3) is 1.17. The topological polar surface area (TPSA) is 29.5 Å². The van der Waals surface area contributed by atoms with E-state index in [4.69, 9.17) is 4.74 Å². The molecule has 1 rings (SSSR count). The maximum absolute atomic E-state index is 9.34. The van der Waals surface area contributed by atoms with E-state index in [1.165, 1.54) is 0 Å². The van der Waals surface area contributed by atoms with Crippen LogP contribution in [0.2, 0.25) is 0 Å². The Bertz CT molecular complexity index is 161. The second kappa shape index (κ2) is 3.00. The number of aliphatic hydroxyl groups is 1. The Balaban J connectivity index is 2.70. The lowest BCUT2D eigenvalue weighted by Gasteiger charge is -2.26. The molecule has 2 nitrogen and oxygen atoms in total. The first kappa shape index (κ1) is 10.0. The minimum Gasteiger partial charge on any atom is -0.396 e. The van der Waals surface area contributed by atoms with E-state index in [0.29, 0.717) is 0 Å². The Morgan fingerprint density at radius 2 is 2.00 bits per heavy atom. The minimum atomic E-state index is 0.0382. The van der Waals surface area contributed by atoms with Gasteiger partial charge in [0.2, 0.25) is 0 Å². The lowest BCUT2D eigenvalue weighted by atomic mass is 9.89. The zero-order chi connectivity index (χ0) is 9.41. The van der Waals surface area contributed by atoms with Crippen molar-refractivity contribution in [2.45, 2.75) is 39.7 Å². The van der Waals surface area contributed by atoms with Crippen molar-refractivity contribution >= 4 is 0 Å². The predicted molar refractivity (Wildman–Crippen MR) is 49.0 cm³/mol. The molecule has 0 saturated heterocycles. The molecule has 2 atom stereocenters. The molecular weight excluding hydrogens is 152 g/mol. The molecular formula is C10H20O2. The van der Waals surface area contributed by atoms with E-state index in [2.05, 4.69) is 20.8 Å². The highest BCUT2D eigenvalue weighted by Gasteiger charge is 2.64. The van der Waals surface area contributed by atoms with Crippen molar-refractivity contribution in [2.75, 3.05) is 13.7 Å². The molecule has 72 valence electrons. The van der Waals surface area contributed by atoms with Gasteiger partial charge < -0.3 is 9.84 Å². The SMILES string of the molecule is CCC(OC)C1(CO)CC1(C)C. The van der Waals surface area contributed by atoms with Gasteiger partial charge in [-0.2, -0.15) is 0 Å². The molecule has 2 heteroatoms. The van der Waals surface area contributed by atoms with Gasteiger partial charge >= 0.3 is 0 Å². The molecule has 0 aromatic heterocycles. The molecule has 0 aliphatic heterocycles. The summed E-state index contributed by atoms with van der Waals surface area (Å²) >= 11 is 0. The molecule has 0 amide bonds. The van der Waals surface area contributed by atoms with Crippen molar-refractivity contribution in [3.05, 3.63) is 0 Å². The fourth-order valence-electron chi connectivity index (χ4n) is 2.45. The Morgan fingerprint density at radius 1 is 1.50 bits per heavy atom. The average Bonchev–Trinajstić information content (AvgIpc) is 2.58. The van der Waals surface area contributed by atoms with Crippen LogP contribution in [0.15, 0.2) is 0 Å². The normalized spacial score (nSPS) is 34.8. The third-order valence-corrected chi connectivity index (χ3v) is 3.53. The van der Waals surface area contributed by atoms with Crippen LogP contribution < -0.4 is 0 Å². The first-order valence-electron chi connectivity index (χ1n) is 4.67. The molecule has 1 aliphatic rings. The molecule has 0 bridgehead atoms. The maximum atomic E-state index is 9.34. The number of rotatable bonds is 4. The summed E-state index contributed by atoms with van der Waals surface area (Å²) in [4.78, 5) is 0. The average molecular weight is 172 g/mol. The zero-order valence-corrected chi connectivity index (χ0v) is 8.55. The number of hydrogen-bond donors (Lipinski definition) is 1. The van der Waals surface area contributed by atoms with Crippen molar-refractivity contribution in [3.63, 3.8) is 0 Å². The summed E-state index contributed by atoms with van der Waals surface area (Å²) in [6, 6.07) is 0. The van der Waals surface area contributed by atoms with Crippen LogP contribution in [-0.2, 0) is 4.74 Å². The largest absolute Gasteiger partial charge is 0.396 e. The van der Waals surface area contributed by atoms with Crippen molar-refractivity contribution < 1.29 is 9.84 Å². The molecule has 0 aromatic carbocycles. The van der Waals surface area contributed by atoms with Crippen molar-refractivity contribution in [1.29, 1.82) is 0 Å². The van der Waals surface area contributed by atoms with Crippen LogP contribution >= 0.6 is 0 Å². The smallest absolute Gasteiger partial charge is 0.0652 e.